The van der Waals surface area contributed by atoms with Crippen LogP contribution in [0, 0.1) is 12.8 Å². The maximum atomic E-state index is 13.1. The highest BCUT2D eigenvalue weighted by Crippen LogP contribution is 2.21. The van der Waals surface area contributed by atoms with Crippen molar-refractivity contribution in [2.75, 3.05) is 32.8 Å². The molecule has 7 nitrogen and oxygen atoms in total. The van der Waals surface area contributed by atoms with Crippen molar-refractivity contribution in [2.24, 2.45) is 5.92 Å². The summed E-state index contributed by atoms with van der Waals surface area (Å²) < 4.78 is 13.5. The highest BCUT2D eigenvalue weighted by Gasteiger charge is 2.19. The van der Waals surface area contributed by atoms with Crippen molar-refractivity contribution < 1.29 is 19.1 Å². The second-order valence-electron chi connectivity index (χ2n) is 16.3. The van der Waals surface area contributed by atoms with Gasteiger partial charge in [0.2, 0.25) is 0 Å². The molecule has 1 aromatic heterocycles. The van der Waals surface area contributed by atoms with Gasteiger partial charge in [0.05, 0.1) is 19.1 Å². The highest BCUT2D eigenvalue weighted by molar-refractivity contribution is 5.72. The average Bonchev–Trinajstić information content (AvgIpc) is 3.58. The van der Waals surface area contributed by atoms with Crippen molar-refractivity contribution in [2.45, 2.75) is 233 Å². The minimum Gasteiger partial charge on any atom is -0.466 e. The molecular weight excluding hydrogens is 671 g/mol. The van der Waals surface area contributed by atoms with Crippen LogP contribution in [0.1, 0.15) is 226 Å². The largest absolute Gasteiger partial charge is 0.466 e. The summed E-state index contributed by atoms with van der Waals surface area (Å²) in [5, 5.41) is 0. The summed E-state index contributed by atoms with van der Waals surface area (Å²) in [5.41, 5.74) is 0. The van der Waals surface area contributed by atoms with E-state index < -0.39 is 0 Å². The third-order valence-electron chi connectivity index (χ3n) is 11.2. The van der Waals surface area contributed by atoms with Crippen LogP contribution in [0.4, 0.5) is 0 Å². The van der Waals surface area contributed by atoms with Gasteiger partial charge < -0.3 is 18.9 Å². The molecule has 0 radical (unpaired) electrons. The van der Waals surface area contributed by atoms with E-state index in [0.29, 0.717) is 19.6 Å². The number of esters is 2. The molecule has 0 saturated heterocycles. The Labute approximate surface area is 334 Å². The first-order chi connectivity index (χ1) is 26.5. The molecule has 7 heteroatoms. The topological polar surface area (TPSA) is 73.7 Å². The Morgan fingerprint density at radius 2 is 1.02 bits per heavy atom. The smallest absolute Gasteiger partial charge is 0.308 e. The Bertz CT molecular complexity index is 951. The van der Waals surface area contributed by atoms with E-state index in [-0.39, 0.29) is 17.9 Å². The standard InChI is InChI=1S/C47H89N3O4/c1-5-8-11-14-18-25-33-45(34-26-19-15-12-9-6-2)47(52)54-43-31-24-17-22-29-38-49(39-32-40-50-41-36-48-44(50)4)37-28-21-16-20-27-35-46(51)53-42-30-23-13-10-7-3/h36,41,45H,5-35,37-40,42-43H2,1-4H3. The molecule has 0 fully saturated rings. The van der Waals surface area contributed by atoms with Gasteiger partial charge in [-0.2, -0.15) is 0 Å². The number of carbonyl (C=O) groups is 2. The van der Waals surface area contributed by atoms with Gasteiger partial charge in [-0.15, -0.1) is 0 Å². The van der Waals surface area contributed by atoms with E-state index in [1.54, 1.807) is 0 Å². The Morgan fingerprint density at radius 3 is 1.54 bits per heavy atom. The summed E-state index contributed by atoms with van der Waals surface area (Å²) >= 11 is 0. The molecule has 0 N–H and O–H groups in total. The summed E-state index contributed by atoms with van der Waals surface area (Å²) in [5.74, 6) is 1.25. The van der Waals surface area contributed by atoms with E-state index in [9.17, 15) is 9.59 Å². The second kappa shape index (κ2) is 38.0. The van der Waals surface area contributed by atoms with Crippen LogP contribution in [0.15, 0.2) is 12.4 Å². The summed E-state index contributed by atoms with van der Waals surface area (Å²) in [6.07, 6.45) is 40.4. The van der Waals surface area contributed by atoms with E-state index in [0.717, 1.165) is 96.2 Å². The fourth-order valence-electron chi connectivity index (χ4n) is 7.52. The highest BCUT2D eigenvalue weighted by atomic mass is 16.5. The first kappa shape index (κ1) is 50.1. The molecule has 0 unspecified atom stereocenters. The van der Waals surface area contributed by atoms with Crippen molar-refractivity contribution in [1.29, 1.82) is 0 Å². The molecule has 0 aliphatic carbocycles. The van der Waals surface area contributed by atoms with Gasteiger partial charge in [-0.3, -0.25) is 9.59 Å². The minimum atomic E-state index is -0.0166. The quantitative estimate of drug-likeness (QED) is 0.0489. The molecule has 0 bridgehead atoms. The van der Waals surface area contributed by atoms with Gasteiger partial charge in [0.15, 0.2) is 0 Å². The van der Waals surface area contributed by atoms with E-state index in [4.69, 9.17) is 9.47 Å². The van der Waals surface area contributed by atoms with Gasteiger partial charge in [0.25, 0.3) is 0 Å². The zero-order valence-corrected chi connectivity index (χ0v) is 36.4. The number of ether oxygens (including phenoxy) is 2. The average molecular weight is 760 g/mol. The van der Waals surface area contributed by atoms with Crippen LogP contribution >= 0.6 is 0 Å². The molecule has 316 valence electrons. The minimum absolute atomic E-state index is 0.0166. The molecule has 0 saturated carbocycles. The molecule has 0 aliphatic heterocycles. The summed E-state index contributed by atoms with van der Waals surface area (Å²) in [6, 6.07) is 0. The molecule has 0 spiro atoms. The third-order valence-corrected chi connectivity index (χ3v) is 11.2. The number of hydrogen-bond acceptors (Lipinski definition) is 6. The summed E-state index contributed by atoms with van der Waals surface area (Å²) in [7, 11) is 0. The Kier molecular flexibility index (Phi) is 35.3. The number of aromatic nitrogens is 2. The van der Waals surface area contributed by atoms with Gasteiger partial charge in [0.1, 0.15) is 5.82 Å². The number of aryl methyl sites for hydroxylation is 2. The fraction of sp³-hybridized carbons (Fsp3) is 0.894. The van der Waals surface area contributed by atoms with Crippen LogP contribution in [0.25, 0.3) is 0 Å². The summed E-state index contributed by atoms with van der Waals surface area (Å²) in [4.78, 5) is 32.2. The predicted octanol–water partition coefficient (Wildman–Crippen LogP) is 13.3. The van der Waals surface area contributed by atoms with E-state index >= 15 is 0 Å². The molecule has 0 amide bonds. The zero-order valence-electron chi connectivity index (χ0n) is 36.4. The maximum absolute atomic E-state index is 13.1. The van der Waals surface area contributed by atoms with Crippen LogP contribution < -0.4 is 0 Å². The molecule has 0 atom stereocenters. The van der Waals surface area contributed by atoms with Crippen molar-refractivity contribution >= 4 is 11.9 Å². The number of carbonyl (C=O) groups excluding carboxylic acids is 2. The SMILES string of the molecule is CCCCCCCCC(CCCCCCCC)C(=O)OCCCCCCCN(CCCCCCCC(=O)OCCCCCCC)CCCn1ccnc1C. The molecule has 1 rings (SSSR count). The first-order valence-corrected chi connectivity index (χ1v) is 23.5. The zero-order chi connectivity index (χ0) is 39.2. The van der Waals surface area contributed by atoms with E-state index in [2.05, 4.69) is 48.3 Å². The van der Waals surface area contributed by atoms with E-state index in [1.165, 1.54) is 128 Å². The molecule has 0 aromatic carbocycles. The molecule has 1 heterocycles. The van der Waals surface area contributed by atoms with E-state index in [1.807, 2.05) is 6.20 Å². The lowest BCUT2D eigenvalue weighted by Gasteiger charge is -2.22. The number of hydrogen-bond donors (Lipinski definition) is 0. The first-order valence-electron chi connectivity index (χ1n) is 23.5. The van der Waals surface area contributed by atoms with Crippen molar-refractivity contribution in [1.82, 2.24) is 14.5 Å². The van der Waals surface area contributed by atoms with Crippen molar-refractivity contribution in [3.05, 3.63) is 18.2 Å². The van der Waals surface area contributed by atoms with Crippen LogP contribution in [-0.4, -0.2) is 59.2 Å². The second-order valence-corrected chi connectivity index (χ2v) is 16.3. The van der Waals surface area contributed by atoms with Gasteiger partial charge in [-0.25, -0.2) is 4.98 Å². The fourth-order valence-corrected chi connectivity index (χ4v) is 7.52. The normalized spacial score (nSPS) is 11.6. The van der Waals surface area contributed by atoms with Gasteiger partial charge >= 0.3 is 11.9 Å². The van der Waals surface area contributed by atoms with Gasteiger partial charge in [-0.1, -0.05) is 162 Å². The van der Waals surface area contributed by atoms with Crippen molar-refractivity contribution in [3.63, 3.8) is 0 Å². The predicted molar refractivity (Wildman–Crippen MR) is 229 cm³/mol. The molecule has 0 aliphatic rings. The van der Waals surface area contributed by atoms with Crippen molar-refractivity contribution in [3.8, 4) is 0 Å². The number of imidazole rings is 1. The Hall–Kier alpha value is -1.89. The number of unbranched alkanes of at least 4 members (excludes halogenated alkanes) is 22. The molecule has 54 heavy (non-hydrogen) atoms. The Morgan fingerprint density at radius 1 is 0.574 bits per heavy atom. The van der Waals surface area contributed by atoms with Crippen LogP contribution in [-0.2, 0) is 25.6 Å². The van der Waals surface area contributed by atoms with Crippen LogP contribution in [0.3, 0.4) is 0 Å². The van der Waals surface area contributed by atoms with Crippen LogP contribution in [0.5, 0.6) is 0 Å². The Balaban J connectivity index is 2.29. The lowest BCUT2D eigenvalue weighted by atomic mass is 9.94. The summed E-state index contributed by atoms with van der Waals surface area (Å²) in [6.45, 7) is 14.5. The van der Waals surface area contributed by atoms with Crippen LogP contribution in [0.2, 0.25) is 0 Å². The van der Waals surface area contributed by atoms with Gasteiger partial charge in [0, 0.05) is 25.4 Å². The maximum Gasteiger partial charge on any atom is 0.308 e. The number of rotatable bonds is 41. The third kappa shape index (κ3) is 30.3. The lowest BCUT2D eigenvalue weighted by Crippen LogP contribution is -2.28. The van der Waals surface area contributed by atoms with Gasteiger partial charge in [-0.05, 0) is 77.9 Å². The number of nitrogens with zero attached hydrogens (tertiary/aromatic N) is 3. The molecule has 1 aromatic rings. The lowest BCUT2D eigenvalue weighted by molar-refractivity contribution is -0.149. The monoisotopic (exact) mass is 760 g/mol. The molecular formula is C47H89N3O4.